The number of halogens is 4. The fraction of sp³-hybridized carbons (Fsp3) is 0.978. The first-order valence-electron chi connectivity index (χ1n) is 22.4. The summed E-state index contributed by atoms with van der Waals surface area (Å²) >= 11 is 0. The van der Waals surface area contributed by atoms with E-state index in [0.717, 1.165) is 64.2 Å². The zero-order chi connectivity index (χ0) is 43.6. The molecule has 11 rings (SSSR count). The highest BCUT2D eigenvalue weighted by Gasteiger charge is 2.64. The van der Waals surface area contributed by atoms with E-state index in [1.165, 1.54) is 48.0 Å². The van der Waals surface area contributed by atoms with E-state index in [9.17, 15) is 41.0 Å². The predicted molar refractivity (Wildman–Crippen MR) is 212 cm³/mol. The third-order valence-corrected chi connectivity index (χ3v) is 17.8. The molecular formula is C45H72F4O9S. The van der Waals surface area contributed by atoms with Crippen LogP contribution in [0.2, 0.25) is 0 Å². The Balaban J connectivity index is 0.000000134. The van der Waals surface area contributed by atoms with E-state index in [0.29, 0.717) is 48.3 Å². The summed E-state index contributed by atoms with van der Waals surface area (Å²) < 4.78 is 100. The number of aliphatic hydroxyl groups is 2. The highest BCUT2D eigenvalue weighted by Crippen LogP contribution is 2.63. The van der Waals surface area contributed by atoms with Crippen molar-refractivity contribution in [2.24, 2.45) is 74.4 Å². The molecule has 11 fully saturated rings. The topological polar surface area (TPSA) is 129 Å². The molecule has 0 radical (unpaired) electrons. The van der Waals surface area contributed by atoms with Gasteiger partial charge in [0.2, 0.25) is 0 Å². The fourth-order valence-corrected chi connectivity index (χ4v) is 15.4. The molecule has 0 aromatic heterocycles. The molecule has 1 heterocycles. The Hall–Kier alpha value is -1.06. The second-order valence-corrected chi connectivity index (χ2v) is 26.0. The number of carbonyl (C=O) groups excluding carboxylic acids is 1. The number of rotatable bonds is 8. The Bertz CT molecular complexity index is 1650. The van der Waals surface area contributed by atoms with Gasteiger partial charge in [0, 0.05) is 11.8 Å². The van der Waals surface area contributed by atoms with E-state index in [1.807, 2.05) is 20.8 Å². The second-order valence-electron chi connectivity index (χ2n) is 24.3. The van der Waals surface area contributed by atoms with Crippen LogP contribution in [0.5, 0.6) is 0 Å². The standard InChI is InChI=1S/2C16H26F2O2.C13H20O5S/c1-13(2,3)16(17,18)20-10-14-5-11-4-12(6-14)8-15(19,7-11)9-14;1-14(2,3)16(17,18)20-9-15-6-10-4-11(7-15)13(19)12(5-10)8-15;1-13(2,3)12(14)17-6-9-7-4-8-10(5-7)19(15,16)18-11(8)9/h11-12,19H,4-10H2,1-3H3;10-13,19H,4-9H2,1-3H3;7-11H,4-6H2,1-3H3. The monoisotopic (exact) mass is 864 g/mol. The Kier molecular flexibility index (Phi) is 11.7. The number of esters is 1. The minimum Gasteiger partial charge on any atom is -0.465 e. The minimum atomic E-state index is -3.37. The smallest absolute Gasteiger partial charge is 0.360 e. The molecule has 10 aliphatic carbocycles. The number of aliphatic hydroxyl groups excluding tert-OH is 1. The van der Waals surface area contributed by atoms with Gasteiger partial charge >= 0.3 is 18.2 Å². The summed E-state index contributed by atoms with van der Waals surface area (Å²) in [5, 5.41) is 20.5. The van der Waals surface area contributed by atoms with Crippen LogP contribution in [0.3, 0.4) is 0 Å². The summed E-state index contributed by atoms with van der Waals surface area (Å²) in [5.41, 5.74) is -3.81. The number of carbonyl (C=O) groups is 1. The van der Waals surface area contributed by atoms with Crippen LogP contribution in [-0.4, -0.2) is 79.7 Å². The quantitative estimate of drug-likeness (QED) is 0.140. The maximum Gasteiger partial charge on any atom is 0.360 e. The maximum absolute atomic E-state index is 14.0. The third kappa shape index (κ3) is 9.03. The number of ether oxygens (including phenoxy) is 3. The van der Waals surface area contributed by atoms with E-state index in [1.54, 1.807) is 0 Å². The largest absolute Gasteiger partial charge is 0.465 e. The predicted octanol–water partition coefficient (Wildman–Crippen LogP) is 9.13. The summed E-state index contributed by atoms with van der Waals surface area (Å²) in [4.78, 5) is 11.8. The summed E-state index contributed by atoms with van der Waals surface area (Å²) in [5.74, 6) is 2.50. The van der Waals surface area contributed by atoms with Crippen LogP contribution < -0.4 is 0 Å². The SMILES string of the molecule is CC(C)(C)C(=O)OCC1C2CC3C1OS(=O)(=O)C3C2.CC(C)(C)C(F)(F)OCC12CC3CC(C1)C(O)C(C3)C2.CC(C)(C)C(F)(F)OCC12CC3CC(CC(O)(C3)C1)C2. The van der Waals surface area contributed by atoms with Crippen LogP contribution in [-0.2, 0) is 33.3 Å². The molecule has 59 heavy (non-hydrogen) atoms. The van der Waals surface area contributed by atoms with Gasteiger partial charge in [-0.1, -0.05) is 41.5 Å². The van der Waals surface area contributed by atoms with Crippen molar-refractivity contribution in [2.45, 2.75) is 181 Å². The molecule has 10 bridgehead atoms. The summed E-state index contributed by atoms with van der Waals surface area (Å²) in [6.45, 7) is 15.0. The zero-order valence-electron chi connectivity index (χ0n) is 36.8. The first kappa shape index (κ1) is 45.9. The number of fused-ring (bicyclic) bond motifs is 1. The lowest BCUT2D eigenvalue weighted by molar-refractivity contribution is -0.316. The van der Waals surface area contributed by atoms with Crippen molar-refractivity contribution in [1.29, 1.82) is 0 Å². The van der Waals surface area contributed by atoms with Crippen molar-refractivity contribution in [3.05, 3.63) is 0 Å². The molecule has 11 aliphatic rings. The molecule has 0 aromatic rings. The molecule has 9 atom stereocenters. The highest BCUT2D eigenvalue weighted by molar-refractivity contribution is 7.87. The summed E-state index contributed by atoms with van der Waals surface area (Å²) in [6, 6.07) is 0. The van der Waals surface area contributed by atoms with Gasteiger partial charge in [-0.2, -0.15) is 26.0 Å². The molecule has 0 amide bonds. The maximum atomic E-state index is 14.0. The van der Waals surface area contributed by atoms with Gasteiger partial charge in [-0.25, -0.2) is 0 Å². The minimum absolute atomic E-state index is 0.0461. The normalized spacial score (nSPS) is 43.6. The zero-order valence-corrected chi connectivity index (χ0v) is 37.7. The Morgan fingerprint density at radius 2 is 1.20 bits per heavy atom. The lowest BCUT2D eigenvalue weighted by atomic mass is 9.48. The van der Waals surface area contributed by atoms with Crippen LogP contribution >= 0.6 is 0 Å². The summed E-state index contributed by atoms with van der Waals surface area (Å²) in [6.07, 6.45) is 5.22. The van der Waals surface area contributed by atoms with Crippen LogP contribution in [0.25, 0.3) is 0 Å². The average molecular weight is 865 g/mol. The average Bonchev–Trinajstić information content (AvgIpc) is 3.70. The Morgan fingerprint density at radius 1 is 0.695 bits per heavy atom. The van der Waals surface area contributed by atoms with Gasteiger partial charge in [0.1, 0.15) is 0 Å². The van der Waals surface area contributed by atoms with E-state index in [-0.39, 0.29) is 65.9 Å². The third-order valence-electron chi connectivity index (χ3n) is 16.0. The van der Waals surface area contributed by atoms with Crippen molar-refractivity contribution in [3.8, 4) is 0 Å². The first-order valence-corrected chi connectivity index (χ1v) is 23.9. The number of hydrogen-bond donors (Lipinski definition) is 2. The molecule has 9 nitrogen and oxygen atoms in total. The lowest BCUT2D eigenvalue weighted by Gasteiger charge is -2.60. The van der Waals surface area contributed by atoms with Gasteiger partial charge in [0.05, 0.1) is 59.1 Å². The molecule has 2 N–H and O–H groups in total. The second kappa shape index (κ2) is 15.0. The molecule has 9 unspecified atom stereocenters. The first-order chi connectivity index (χ1) is 26.8. The molecule has 14 heteroatoms. The van der Waals surface area contributed by atoms with Gasteiger partial charge in [-0.05, 0) is 151 Å². The van der Waals surface area contributed by atoms with Gasteiger partial charge in [-0.3, -0.25) is 8.98 Å². The molecule has 1 saturated heterocycles. The van der Waals surface area contributed by atoms with Crippen molar-refractivity contribution in [2.75, 3.05) is 19.8 Å². The van der Waals surface area contributed by atoms with Crippen molar-refractivity contribution >= 4 is 16.1 Å². The number of hydrogen-bond acceptors (Lipinski definition) is 9. The molecular weight excluding hydrogens is 793 g/mol. The Morgan fingerprint density at radius 3 is 1.69 bits per heavy atom. The lowest BCUT2D eigenvalue weighted by Crippen LogP contribution is -2.57. The number of alkyl halides is 4. The van der Waals surface area contributed by atoms with Gasteiger partial charge in [-0.15, -0.1) is 0 Å². The van der Waals surface area contributed by atoms with Crippen LogP contribution in [0, 0.1) is 74.4 Å². The molecule has 1 aliphatic heterocycles. The van der Waals surface area contributed by atoms with E-state index in [2.05, 4.69) is 0 Å². The molecule has 0 aromatic carbocycles. The van der Waals surface area contributed by atoms with Gasteiger partial charge < -0.3 is 24.4 Å². The van der Waals surface area contributed by atoms with Gasteiger partial charge in [0.25, 0.3) is 10.1 Å². The van der Waals surface area contributed by atoms with Crippen LogP contribution in [0.1, 0.15) is 146 Å². The van der Waals surface area contributed by atoms with Crippen molar-refractivity contribution in [1.82, 2.24) is 0 Å². The van der Waals surface area contributed by atoms with E-state index >= 15 is 0 Å². The molecule has 0 spiro atoms. The van der Waals surface area contributed by atoms with E-state index in [4.69, 9.17) is 18.4 Å². The van der Waals surface area contributed by atoms with Gasteiger partial charge in [0.15, 0.2) is 0 Å². The van der Waals surface area contributed by atoms with E-state index < -0.39 is 44.2 Å². The van der Waals surface area contributed by atoms with Crippen LogP contribution in [0.4, 0.5) is 17.6 Å². The van der Waals surface area contributed by atoms with Crippen molar-refractivity contribution in [3.63, 3.8) is 0 Å². The molecule has 10 saturated carbocycles. The highest BCUT2D eigenvalue weighted by atomic mass is 32.2. The van der Waals surface area contributed by atoms with Crippen molar-refractivity contribution < 1.29 is 59.4 Å². The van der Waals surface area contributed by atoms with Crippen LogP contribution in [0.15, 0.2) is 0 Å². The fourth-order valence-electron chi connectivity index (χ4n) is 13.5. The summed E-state index contributed by atoms with van der Waals surface area (Å²) in [7, 11) is -3.37. The molecule has 340 valence electrons. The Labute approximate surface area is 349 Å².